The van der Waals surface area contributed by atoms with Crippen LogP contribution >= 0.6 is 0 Å². The van der Waals surface area contributed by atoms with Crippen LogP contribution in [-0.2, 0) is 6.54 Å². The number of aryl methyl sites for hydroxylation is 1. The van der Waals surface area contributed by atoms with Crippen molar-refractivity contribution in [3.63, 3.8) is 0 Å². The predicted molar refractivity (Wildman–Crippen MR) is 123 cm³/mol. The van der Waals surface area contributed by atoms with Crippen molar-refractivity contribution in [1.82, 2.24) is 14.8 Å². The number of rotatable bonds is 6. The van der Waals surface area contributed by atoms with Gasteiger partial charge >= 0.3 is 0 Å². The molecule has 0 saturated heterocycles. The first-order valence-corrected chi connectivity index (χ1v) is 10.2. The molecule has 2 heterocycles. The number of nitriles is 1. The van der Waals surface area contributed by atoms with E-state index in [4.69, 9.17) is 9.84 Å². The van der Waals surface area contributed by atoms with E-state index in [-0.39, 0.29) is 12.3 Å². The normalized spacial score (nSPS) is 10.6. The van der Waals surface area contributed by atoms with Gasteiger partial charge in [0.1, 0.15) is 18.0 Å². The van der Waals surface area contributed by atoms with Crippen molar-refractivity contribution in [3.05, 3.63) is 78.1 Å². The lowest BCUT2D eigenvalue weighted by Gasteiger charge is -2.13. The minimum absolute atomic E-state index is 0.0397. The molecule has 0 bridgehead atoms. The lowest BCUT2D eigenvalue weighted by atomic mass is 9.91. The molecule has 158 valence electrons. The van der Waals surface area contributed by atoms with E-state index in [0.717, 1.165) is 33.5 Å². The maximum Gasteiger partial charge on any atom is 0.160 e. The molecule has 2 aromatic heterocycles. The Balaban J connectivity index is 2.14. The molecule has 0 unspecified atom stereocenters. The number of hydrogen-bond donors (Lipinski definition) is 0. The Hall–Kier alpha value is -4.24. The molecule has 0 radical (unpaired) electrons. The van der Waals surface area contributed by atoms with Gasteiger partial charge in [0.05, 0.1) is 18.9 Å². The van der Waals surface area contributed by atoms with Crippen molar-refractivity contribution in [3.8, 4) is 45.5 Å². The fourth-order valence-corrected chi connectivity index (χ4v) is 3.91. The molecule has 0 N–H and O–H groups in total. The number of hydrogen-bond acceptors (Lipinski definition) is 5. The lowest BCUT2D eigenvalue weighted by Crippen LogP contribution is -2.02. The summed E-state index contributed by atoms with van der Waals surface area (Å²) in [6, 6.07) is 19.3. The predicted octanol–water partition coefficient (Wildman–Crippen LogP) is 5.32. The molecule has 6 nitrogen and oxygen atoms in total. The number of methoxy groups -OCH3 is 1. The van der Waals surface area contributed by atoms with Gasteiger partial charge in [0.2, 0.25) is 0 Å². The molecular weight excluding hydrogens is 400 g/mol. The van der Waals surface area contributed by atoms with E-state index in [1.165, 1.54) is 0 Å². The summed E-state index contributed by atoms with van der Waals surface area (Å²) in [7, 11) is 1.62. The monoisotopic (exact) mass is 422 g/mol. The summed E-state index contributed by atoms with van der Waals surface area (Å²) in [5.41, 5.74) is 6.34. The summed E-state index contributed by atoms with van der Waals surface area (Å²) >= 11 is 0. The van der Waals surface area contributed by atoms with Gasteiger partial charge in [0.25, 0.3) is 0 Å². The molecule has 0 amide bonds. The van der Waals surface area contributed by atoms with Gasteiger partial charge in [-0.15, -0.1) is 0 Å². The number of carbonyl (C=O) groups is 1. The van der Waals surface area contributed by atoms with Crippen molar-refractivity contribution in [1.29, 1.82) is 5.26 Å². The molecule has 6 heteroatoms. The summed E-state index contributed by atoms with van der Waals surface area (Å²) in [5, 5.41) is 14.4. The van der Waals surface area contributed by atoms with Gasteiger partial charge < -0.3 is 4.74 Å². The maximum absolute atomic E-state index is 12.5. The second-order valence-electron chi connectivity index (χ2n) is 7.46. The zero-order valence-corrected chi connectivity index (χ0v) is 18.2. The third kappa shape index (κ3) is 3.88. The number of ketones is 1. The van der Waals surface area contributed by atoms with Crippen molar-refractivity contribution < 1.29 is 9.53 Å². The minimum atomic E-state index is -0.0397. The van der Waals surface area contributed by atoms with E-state index in [9.17, 15) is 10.1 Å². The molecule has 0 atom stereocenters. The Bertz CT molecular complexity index is 1330. The van der Waals surface area contributed by atoms with Crippen LogP contribution in [0.5, 0.6) is 5.75 Å². The third-order valence-corrected chi connectivity index (χ3v) is 5.26. The van der Waals surface area contributed by atoms with Gasteiger partial charge in [-0.2, -0.15) is 10.4 Å². The van der Waals surface area contributed by atoms with Crippen LogP contribution in [0.15, 0.2) is 67.0 Å². The molecule has 4 aromatic rings. The van der Waals surface area contributed by atoms with Crippen molar-refractivity contribution in [2.24, 2.45) is 0 Å². The van der Waals surface area contributed by atoms with Gasteiger partial charge in [0, 0.05) is 34.6 Å². The molecule has 32 heavy (non-hydrogen) atoms. The average Bonchev–Trinajstić information content (AvgIpc) is 3.18. The number of pyridine rings is 1. The zero-order valence-electron chi connectivity index (χ0n) is 18.2. The largest absolute Gasteiger partial charge is 0.497 e. The van der Waals surface area contributed by atoms with Crippen molar-refractivity contribution in [2.45, 2.75) is 20.4 Å². The third-order valence-electron chi connectivity index (χ3n) is 5.26. The van der Waals surface area contributed by atoms with E-state index >= 15 is 0 Å². The standard InChI is InChI=1S/C26H22N4O2/c1-17-14-20(16-21(15-17)32-3)26-24(23-7-5-4-6-22(23)18(2)31)25(29-30(26)13-10-27)19-8-11-28-12-9-19/h4-9,11-12,14-16H,13H2,1-3H3. The number of carbonyl (C=O) groups excluding carboxylic acids is 1. The maximum atomic E-state index is 12.5. The van der Waals surface area contributed by atoms with Crippen LogP contribution in [-0.4, -0.2) is 27.7 Å². The van der Waals surface area contributed by atoms with Crippen LogP contribution in [0.1, 0.15) is 22.8 Å². The second kappa shape index (κ2) is 8.86. The first-order chi connectivity index (χ1) is 15.5. The molecular formula is C26H22N4O2. The van der Waals surface area contributed by atoms with E-state index in [1.54, 1.807) is 31.1 Å². The molecule has 0 aliphatic heterocycles. The Morgan fingerprint density at radius 1 is 1.09 bits per heavy atom. The van der Waals surface area contributed by atoms with Crippen LogP contribution in [0.4, 0.5) is 0 Å². The smallest absolute Gasteiger partial charge is 0.160 e. The van der Waals surface area contributed by atoms with Gasteiger partial charge in [-0.1, -0.05) is 24.3 Å². The summed E-state index contributed by atoms with van der Waals surface area (Å²) in [6.07, 6.45) is 3.41. The van der Waals surface area contributed by atoms with Gasteiger partial charge in [-0.05, 0) is 55.3 Å². The highest BCUT2D eigenvalue weighted by atomic mass is 16.5. The summed E-state index contributed by atoms with van der Waals surface area (Å²) < 4.78 is 7.19. The van der Waals surface area contributed by atoms with Crippen molar-refractivity contribution in [2.75, 3.05) is 7.11 Å². The minimum Gasteiger partial charge on any atom is -0.497 e. The average molecular weight is 422 g/mol. The van der Waals surface area contributed by atoms with E-state index < -0.39 is 0 Å². The van der Waals surface area contributed by atoms with Crippen LogP contribution < -0.4 is 4.74 Å². The Kier molecular flexibility index (Phi) is 5.82. The number of nitrogens with zero attached hydrogens (tertiary/aromatic N) is 4. The van der Waals surface area contributed by atoms with Crippen LogP contribution in [0.2, 0.25) is 0 Å². The SMILES string of the molecule is COc1cc(C)cc(-c2c(-c3ccccc3C(C)=O)c(-c3ccncc3)nn2CC#N)c1. The fourth-order valence-electron chi connectivity index (χ4n) is 3.91. The first-order valence-electron chi connectivity index (χ1n) is 10.2. The molecule has 2 aromatic carbocycles. The lowest BCUT2D eigenvalue weighted by molar-refractivity contribution is 0.101. The second-order valence-corrected chi connectivity index (χ2v) is 7.46. The summed E-state index contributed by atoms with van der Waals surface area (Å²) in [6.45, 7) is 3.61. The molecule has 0 fully saturated rings. The van der Waals surface area contributed by atoms with Crippen molar-refractivity contribution >= 4 is 5.78 Å². The van der Waals surface area contributed by atoms with Gasteiger partial charge in [0.15, 0.2) is 5.78 Å². The number of aromatic nitrogens is 3. The number of benzene rings is 2. The first kappa shape index (κ1) is 21.0. The zero-order chi connectivity index (χ0) is 22.7. The molecule has 0 aliphatic rings. The Morgan fingerprint density at radius 2 is 1.84 bits per heavy atom. The summed E-state index contributed by atoms with van der Waals surface area (Å²) in [5.74, 6) is 0.669. The van der Waals surface area contributed by atoms with Gasteiger partial charge in [-0.25, -0.2) is 4.68 Å². The number of ether oxygens (including phenoxy) is 1. The van der Waals surface area contributed by atoms with Gasteiger partial charge in [-0.3, -0.25) is 9.78 Å². The highest BCUT2D eigenvalue weighted by molar-refractivity contribution is 6.05. The van der Waals surface area contributed by atoms with E-state index in [2.05, 4.69) is 11.1 Å². The summed E-state index contributed by atoms with van der Waals surface area (Å²) in [4.78, 5) is 16.6. The van der Waals surface area contributed by atoms with Crippen LogP contribution in [0.25, 0.3) is 33.6 Å². The van der Waals surface area contributed by atoms with E-state index in [0.29, 0.717) is 17.0 Å². The highest BCUT2D eigenvalue weighted by Gasteiger charge is 2.25. The fraction of sp³-hybridized carbons (Fsp3) is 0.154. The van der Waals surface area contributed by atoms with Crippen LogP contribution in [0, 0.1) is 18.3 Å². The highest BCUT2D eigenvalue weighted by Crippen LogP contribution is 2.42. The molecule has 4 rings (SSSR count). The van der Waals surface area contributed by atoms with Crippen LogP contribution in [0.3, 0.4) is 0 Å². The number of Topliss-reactive ketones (excluding diaryl/α,β-unsaturated/α-hetero) is 1. The van der Waals surface area contributed by atoms with E-state index in [1.807, 2.05) is 61.5 Å². The molecule has 0 aliphatic carbocycles. The quantitative estimate of drug-likeness (QED) is 0.393. The molecule has 0 saturated carbocycles. The Labute approximate surface area is 186 Å². The Morgan fingerprint density at radius 3 is 2.53 bits per heavy atom. The topological polar surface area (TPSA) is 80.8 Å². The molecule has 0 spiro atoms.